The second-order valence-electron chi connectivity index (χ2n) is 3.40. The van der Waals surface area contributed by atoms with Crippen LogP contribution in [0, 0.1) is 11.8 Å². The van der Waals surface area contributed by atoms with E-state index in [-0.39, 0.29) is 5.91 Å². The fourth-order valence-electron chi connectivity index (χ4n) is 1.36. The summed E-state index contributed by atoms with van der Waals surface area (Å²) in [7, 11) is 0. The van der Waals surface area contributed by atoms with Gasteiger partial charge in [-0.25, -0.2) is 9.97 Å². The van der Waals surface area contributed by atoms with Gasteiger partial charge >= 0.3 is 5.97 Å². The highest BCUT2D eigenvalue weighted by molar-refractivity contribution is 5.97. The van der Waals surface area contributed by atoms with Crippen LogP contribution in [0.3, 0.4) is 0 Å². The zero-order valence-electron chi connectivity index (χ0n) is 7.75. The van der Waals surface area contributed by atoms with Crippen LogP contribution in [0.2, 0.25) is 0 Å². The topological polar surface area (TPSA) is 92.2 Å². The number of aliphatic carboxylic acids is 1. The van der Waals surface area contributed by atoms with Crippen LogP contribution in [0.15, 0.2) is 18.7 Å². The molecule has 2 atom stereocenters. The molecule has 0 saturated heterocycles. The summed E-state index contributed by atoms with van der Waals surface area (Å²) in [6.07, 6.45) is 4.69. The van der Waals surface area contributed by atoms with Gasteiger partial charge in [-0.15, -0.1) is 0 Å². The van der Waals surface area contributed by atoms with E-state index in [0.717, 1.165) is 0 Å². The van der Waals surface area contributed by atoms with Gasteiger partial charge in [-0.2, -0.15) is 0 Å². The van der Waals surface area contributed by atoms with E-state index < -0.39 is 17.8 Å². The van der Waals surface area contributed by atoms with Gasteiger partial charge in [0, 0.05) is 0 Å². The lowest BCUT2D eigenvalue weighted by Crippen LogP contribution is -2.16. The van der Waals surface area contributed by atoms with Crippen LogP contribution in [-0.2, 0) is 9.59 Å². The Labute approximate surface area is 85.4 Å². The number of carbonyl (C=O) groups excluding carboxylic acids is 1. The zero-order chi connectivity index (χ0) is 10.8. The van der Waals surface area contributed by atoms with Crippen molar-refractivity contribution >= 4 is 17.6 Å². The van der Waals surface area contributed by atoms with Crippen molar-refractivity contribution in [2.75, 3.05) is 5.32 Å². The third-order valence-electron chi connectivity index (χ3n) is 2.27. The molecule has 1 fully saturated rings. The maximum atomic E-state index is 11.5. The van der Waals surface area contributed by atoms with Gasteiger partial charge < -0.3 is 10.4 Å². The summed E-state index contributed by atoms with van der Waals surface area (Å²) in [5.74, 6) is -2.14. The summed E-state index contributed by atoms with van der Waals surface area (Å²) in [6.45, 7) is 0. The number of carboxylic acid groups (broad SMARTS) is 1. The summed E-state index contributed by atoms with van der Waals surface area (Å²) in [5, 5.41) is 11.2. The standard InChI is InChI=1S/C9H9N3O3/c13-8(6-1-7(6)9(14)15)12-5-2-10-4-11-3-5/h2-4,6-7H,1H2,(H,12,13)(H,14,15). The highest BCUT2D eigenvalue weighted by Gasteiger charge is 2.48. The van der Waals surface area contributed by atoms with Gasteiger partial charge in [0.2, 0.25) is 5.91 Å². The van der Waals surface area contributed by atoms with E-state index in [1.165, 1.54) is 18.7 Å². The molecule has 78 valence electrons. The lowest BCUT2D eigenvalue weighted by molar-refractivity contribution is -0.139. The number of nitrogens with one attached hydrogen (secondary N) is 1. The first kappa shape index (κ1) is 9.57. The minimum Gasteiger partial charge on any atom is -0.481 e. The summed E-state index contributed by atoms with van der Waals surface area (Å²) >= 11 is 0. The van der Waals surface area contributed by atoms with Crippen molar-refractivity contribution in [3.8, 4) is 0 Å². The molecule has 1 heterocycles. The van der Waals surface area contributed by atoms with E-state index in [1.54, 1.807) is 0 Å². The van der Waals surface area contributed by atoms with E-state index in [0.29, 0.717) is 12.1 Å². The Kier molecular flexibility index (Phi) is 2.32. The molecule has 1 aromatic heterocycles. The predicted molar refractivity (Wildman–Crippen MR) is 49.9 cm³/mol. The Balaban J connectivity index is 1.92. The van der Waals surface area contributed by atoms with Gasteiger partial charge in [0.1, 0.15) is 6.33 Å². The van der Waals surface area contributed by atoms with Gasteiger partial charge in [0.25, 0.3) is 0 Å². The Morgan fingerprint density at radius 3 is 2.53 bits per heavy atom. The number of rotatable bonds is 3. The quantitative estimate of drug-likeness (QED) is 0.735. The number of carbonyl (C=O) groups is 2. The lowest BCUT2D eigenvalue weighted by Gasteiger charge is -2.01. The molecular weight excluding hydrogens is 198 g/mol. The Bertz CT molecular complexity index is 393. The highest BCUT2D eigenvalue weighted by Crippen LogP contribution is 2.39. The molecule has 2 rings (SSSR count). The molecule has 6 nitrogen and oxygen atoms in total. The van der Waals surface area contributed by atoms with Crippen molar-refractivity contribution in [3.05, 3.63) is 18.7 Å². The summed E-state index contributed by atoms with van der Waals surface area (Å²) in [6, 6.07) is 0. The first-order chi connectivity index (χ1) is 7.18. The number of amides is 1. The lowest BCUT2D eigenvalue weighted by atomic mass is 10.3. The molecular formula is C9H9N3O3. The molecule has 15 heavy (non-hydrogen) atoms. The van der Waals surface area contributed by atoms with E-state index >= 15 is 0 Å². The fraction of sp³-hybridized carbons (Fsp3) is 0.333. The molecule has 0 aromatic carbocycles. The van der Waals surface area contributed by atoms with Crippen LogP contribution in [0.25, 0.3) is 0 Å². The van der Waals surface area contributed by atoms with Gasteiger partial charge in [0.05, 0.1) is 29.9 Å². The number of nitrogens with zero attached hydrogens (tertiary/aromatic N) is 2. The predicted octanol–water partition coefficient (Wildman–Crippen LogP) is 0.136. The van der Waals surface area contributed by atoms with Crippen molar-refractivity contribution in [1.82, 2.24) is 9.97 Å². The van der Waals surface area contributed by atoms with Crippen molar-refractivity contribution < 1.29 is 14.7 Å². The zero-order valence-corrected chi connectivity index (χ0v) is 7.75. The molecule has 0 aliphatic heterocycles. The van der Waals surface area contributed by atoms with Crippen molar-refractivity contribution in [2.45, 2.75) is 6.42 Å². The van der Waals surface area contributed by atoms with Crippen LogP contribution >= 0.6 is 0 Å². The molecule has 2 N–H and O–H groups in total. The van der Waals surface area contributed by atoms with Crippen molar-refractivity contribution in [2.24, 2.45) is 11.8 Å². The fourth-order valence-corrected chi connectivity index (χ4v) is 1.36. The van der Waals surface area contributed by atoms with Crippen molar-refractivity contribution in [1.29, 1.82) is 0 Å². The van der Waals surface area contributed by atoms with Crippen molar-refractivity contribution in [3.63, 3.8) is 0 Å². The second kappa shape index (κ2) is 3.64. The van der Waals surface area contributed by atoms with Crippen LogP contribution < -0.4 is 5.32 Å². The Morgan fingerprint density at radius 1 is 1.33 bits per heavy atom. The first-order valence-corrected chi connectivity index (χ1v) is 4.47. The highest BCUT2D eigenvalue weighted by atomic mass is 16.4. The Hall–Kier alpha value is -1.98. The number of carboxylic acids is 1. The Morgan fingerprint density at radius 2 is 2.00 bits per heavy atom. The van der Waals surface area contributed by atoms with E-state index in [1.807, 2.05) is 0 Å². The van der Waals surface area contributed by atoms with E-state index in [4.69, 9.17) is 5.11 Å². The molecule has 1 aliphatic rings. The van der Waals surface area contributed by atoms with E-state index in [9.17, 15) is 9.59 Å². The molecule has 1 aliphatic carbocycles. The van der Waals surface area contributed by atoms with Gasteiger partial charge in [-0.1, -0.05) is 0 Å². The van der Waals surface area contributed by atoms with Gasteiger partial charge in [-0.05, 0) is 6.42 Å². The minimum atomic E-state index is -0.917. The SMILES string of the molecule is O=C(O)C1CC1C(=O)Nc1cncnc1. The molecule has 1 saturated carbocycles. The molecule has 6 heteroatoms. The van der Waals surface area contributed by atoms with Gasteiger partial charge in [0.15, 0.2) is 0 Å². The normalized spacial score (nSPS) is 23.2. The van der Waals surface area contributed by atoms with Crippen LogP contribution in [0.4, 0.5) is 5.69 Å². The van der Waals surface area contributed by atoms with E-state index in [2.05, 4.69) is 15.3 Å². The average molecular weight is 207 g/mol. The molecule has 1 amide bonds. The number of aromatic nitrogens is 2. The molecule has 1 aromatic rings. The first-order valence-electron chi connectivity index (χ1n) is 4.47. The molecule has 0 radical (unpaired) electrons. The largest absolute Gasteiger partial charge is 0.481 e. The smallest absolute Gasteiger partial charge is 0.307 e. The molecule has 0 spiro atoms. The second-order valence-corrected chi connectivity index (χ2v) is 3.40. The molecule has 0 bridgehead atoms. The maximum absolute atomic E-state index is 11.5. The number of anilines is 1. The minimum absolute atomic E-state index is 0.280. The summed E-state index contributed by atoms with van der Waals surface area (Å²) in [4.78, 5) is 29.4. The van der Waals surface area contributed by atoms with Crippen LogP contribution in [0.5, 0.6) is 0 Å². The average Bonchev–Trinajstić information content (AvgIpc) is 2.98. The third-order valence-corrected chi connectivity index (χ3v) is 2.27. The molecule has 2 unspecified atom stereocenters. The summed E-state index contributed by atoms with van der Waals surface area (Å²) < 4.78 is 0. The number of hydrogen-bond acceptors (Lipinski definition) is 4. The monoisotopic (exact) mass is 207 g/mol. The third kappa shape index (κ3) is 2.09. The maximum Gasteiger partial charge on any atom is 0.307 e. The van der Waals surface area contributed by atoms with Gasteiger partial charge in [-0.3, -0.25) is 9.59 Å². The van der Waals surface area contributed by atoms with Crippen LogP contribution in [0.1, 0.15) is 6.42 Å². The number of hydrogen-bond donors (Lipinski definition) is 2. The van der Waals surface area contributed by atoms with Crippen LogP contribution in [-0.4, -0.2) is 27.0 Å². The summed E-state index contributed by atoms with van der Waals surface area (Å²) in [5.41, 5.74) is 0.485.